The first-order valence-corrected chi connectivity index (χ1v) is 6.88. The van der Waals surface area contributed by atoms with Crippen molar-refractivity contribution in [2.45, 2.75) is 6.42 Å². The van der Waals surface area contributed by atoms with E-state index in [1.54, 1.807) is 42.5 Å². The summed E-state index contributed by atoms with van der Waals surface area (Å²) in [4.78, 5) is 23.4. The number of nitrogens with one attached hydrogen (secondary N) is 1. The number of hydrogen-bond donors (Lipinski definition) is 2. The number of carboxylic acid groups (broad SMARTS) is 1. The van der Waals surface area contributed by atoms with Crippen LogP contribution in [0.2, 0.25) is 0 Å². The van der Waals surface area contributed by atoms with Crippen LogP contribution in [0.5, 0.6) is 11.5 Å². The molecule has 2 aromatic rings. The van der Waals surface area contributed by atoms with Gasteiger partial charge in [0.15, 0.2) is 0 Å². The number of anilines is 1. The number of methoxy groups -OCH3 is 2. The van der Waals surface area contributed by atoms with E-state index in [1.165, 1.54) is 14.2 Å². The van der Waals surface area contributed by atoms with E-state index in [4.69, 9.17) is 14.6 Å². The molecular weight excluding hydrogens is 298 g/mol. The summed E-state index contributed by atoms with van der Waals surface area (Å²) in [7, 11) is 3.02. The molecule has 2 rings (SSSR count). The Labute approximate surface area is 133 Å². The van der Waals surface area contributed by atoms with Gasteiger partial charge in [-0.3, -0.25) is 9.59 Å². The van der Waals surface area contributed by atoms with Crippen LogP contribution in [0.25, 0.3) is 0 Å². The van der Waals surface area contributed by atoms with Gasteiger partial charge in [0, 0.05) is 11.6 Å². The van der Waals surface area contributed by atoms with E-state index in [0.29, 0.717) is 28.3 Å². The Hall–Kier alpha value is -3.02. The zero-order valence-corrected chi connectivity index (χ0v) is 12.8. The number of benzene rings is 2. The summed E-state index contributed by atoms with van der Waals surface area (Å²) >= 11 is 0. The van der Waals surface area contributed by atoms with Gasteiger partial charge in [0.2, 0.25) is 0 Å². The molecule has 0 heterocycles. The Bertz CT molecular complexity index is 727. The van der Waals surface area contributed by atoms with Gasteiger partial charge in [-0.15, -0.1) is 0 Å². The van der Waals surface area contributed by atoms with Gasteiger partial charge in [0.25, 0.3) is 5.91 Å². The summed E-state index contributed by atoms with van der Waals surface area (Å²) < 4.78 is 10.3. The van der Waals surface area contributed by atoms with Crippen molar-refractivity contribution >= 4 is 17.6 Å². The Balaban J connectivity index is 2.31. The number of aliphatic carboxylic acids is 1. The maximum Gasteiger partial charge on any atom is 0.307 e. The predicted octanol–water partition coefficient (Wildman–Crippen LogP) is 2.58. The molecule has 0 saturated heterocycles. The molecule has 0 fully saturated rings. The largest absolute Gasteiger partial charge is 0.497 e. The third-order valence-electron chi connectivity index (χ3n) is 3.26. The molecule has 6 heteroatoms. The molecule has 0 spiro atoms. The lowest BCUT2D eigenvalue weighted by atomic mass is 10.0. The van der Waals surface area contributed by atoms with Crippen LogP contribution in [0, 0.1) is 0 Å². The lowest BCUT2D eigenvalue weighted by Gasteiger charge is -2.13. The molecule has 0 radical (unpaired) electrons. The van der Waals surface area contributed by atoms with Gasteiger partial charge >= 0.3 is 5.97 Å². The topological polar surface area (TPSA) is 84.9 Å². The van der Waals surface area contributed by atoms with Gasteiger partial charge in [0.1, 0.15) is 11.5 Å². The molecule has 0 aliphatic carbocycles. The third kappa shape index (κ3) is 4.00. The molecule has 0 atom stereocenters. The lowest BCUT2D eigenvalue weighted by molar-refractivity contribution is -0.136. The Morgan fingerprint density at radius 3 is 2.48 bits per heavy atom. The number of ether oxygens (including phenoxy) is 2. The summed E-state index contributed by atoms with van der Waals surface area (Å²) in [6, 6.07) is 11.6. The number of rotatable bonds is 6. The first-order valence-electron chi connectivity index (χ1n) is 6.88. The van der Waals surface area contributed by atoms with Crippen LogP contribution in [0.3, 0.4) is 0 Å². The average molecular weight is 315 g/mol. The predicted molar refractivity (Wildman–Crippen MR) is 85.3 cm³/mol. The summed E-state index contributed by atoms with van der Waals surface area (Å²) in [6.45, 7) is 0. The van der Waals surface area contributed by atoms with Crippen molar-refractivity contribution in [1.82, 2.24) is 0 Å². The quantitative estimate of drug-likeness (QED) is 0.856. The van der Waals surface area contributed by atoms with Gasteiger partial charge in [-0.05, 0) is 23.8 Å². The number of carbonyl (C=O) groups is 2. The molecule has 0 saturated carbocycles. The molecule has 0 aliphatic rings. The van der Waals surface area contributed by atoms with Crippen molar-refractivity contribution < 1.29 is 24.2 Å². The highest BCUT2D eigenvalue weighted by atomic mass is 16.5. The SMILES string of the molecule is COc1ccc(OC)c(NC(=O)c2ccccc2CC(=O)O)c1. The zero-order valence-electron chi connectivity index (χ0n) is 12.8. The van der Waals surface area contributed by atoms with Crippen LogP contribution in [0.1, 0.15) is 15.9 Å². The van der Waals surface area contributed by atoms with Crippen LogP contribution >= 0.6 is 0 Å². The highest BCUT2D eigenvalue weighted by molar-refractivity contribution is 6.06. The minimum absolute atomic E-state index is 0.223. The minimum atomic E-state index is -0.996. The molecule has 6 nitrogen and oxygen atoms in total. The van der Waals surface area contributed by atoms with E-state index in [1.807, 2.05) is 0 Å². The molecular formula is C17H17NO5. The maximum absolute atomic E-state index is 12.5. The summed E-state index contributed by atoms with van der Waals surface area (Å²) in [5.41, 5.74) is 1.20. The van der Waals surface area contributed by atoms with Crippen molar-refractivity contribution in [3.8, 4) is 11.5 Å². The van der Waals surface area contributed by atoms with Crippen molar-refractivity contribution in [3.63, 3.8) is 0 Å². The Morgan fingerprint density at radius 2 is 1.83 bits per heavy atom. The van der Waals surface area contributed by atoms with Crippen molar-refractivity contribution in [3.05, 3.63) is 53.6 Å². The van der Waals surface area contributed by atoms with E-state index in [2.05, 4.69) is 5.32 Å². The fraction of sp³-hybridized carbons (Fsp3) is 0.176. The molecule has 0 aliphatic heterocycles. The van der Waals surface area contributed by atoms with Gasteiger partial charge in [-0.25, -0.2) is 0 Å². The highest BCUT2D eigenvalue weighted by Gasteiger charge is 2.15. The van der Waals surface area contributed by atoms with Crippen LogP contribution in [0.4, 0.5) is 5.69 Å². The molecule has 120 valence electrons. The highest BCUT2D eigenvalue weighted by Crippen LogP contribution is 2.29. The van der Waals surface area contributed by atoms with Crippen molar-refractivity contribution in [2.75, 3.05) is 19.5 Å². The number of carboxylic acids is 1. The normalized spacial score (nSPS) is 10.0. The van der Waals surface area contributed by atoms with E-state index < -0.39 is 11.9 Å². The summed E-state index contributed by atoms with van der Waals surface area (Å²) in [5, 5.41) is 11.7. The molecule has 0 unspecified atom stereocenters. The van der Waals surface area contributed by atoms with Gasteiger partial charge in [-0.1, -0.05) is 18.2 Å². The number of amides is 1. The van der Waals surface area contributed by atoms with Crippen LogP contribution in [0.15, 0.2) is 42.5 Å². The van der Waals surface area contributed by atoms with Gasteiger partial charge in [-0.2, -0.15) is 0 Å². The summed E-state index contributed by atoms with van der Waals surface area (Å²) in [6.07, 6.45) is -0.223. The molecule has 2 N–H and O–H groups in total. The lowest BCUT2D eigenvalue weighted by Crippen LogP contribution is -2.16. The monoisotopic (exact) mass is 315 g/mol. The molecule has 2 aromatic carbocycles. The minimum Gasteiger partial charge on any atom is -0.497 e. The van der Waals surface area contributed by atoms with Crippen molar-refractivity contribution in [2.24, 2.45) is 0 Å². The Morgan fingerprint density at radius 1 is 1.09 bits per heavy atom. The van der Waals surface area contributed by atoms with Crippen LogP contribution in [-0.2, 0) is 11.2 Å². The fourth-order valence-electron chi connectivity index (χ4n) is 2.16. The smallest absolute Gasteiger partial charge is 0.307 e. The maximum atomic E-state index is 12.5. The fourth-order valence-corrected chi connectivity index (χ4v) is 2.16. The van der Waals surface area contributed by atoms with E-state index in [9.17, 15) is 9.59 Å². The van der Waals surface area contributed by atoms with E-state index in [0.717, 1.165) is 0 Å². The molecule has 1 amide bonds. The second-order valence-electron chi connectivity index (χ2n) is 4.75. The average Bonchev–Trinajstić information content (AvgIpc) is 2.54. The molecule has 0 aromatic heterocycles. The second-order valence-corrected chi connectivity index (χ2v) is 4.75. The van der Waals surface area contributed by atoms with Gasteiger partial charge < -0.3 is 19.9 Å². The van der Waals surface area contributed by atoms with Crippen LogP contribution in [-0.4, -0.2) is 31.2 Å². The second kappa shape index (κ2) is 7.31. The molecule has 23 heavy (non-hydrogen) atoms. The van der Waals surface area contributed by atoms with E-state index in [-0.39, 0.29) is 6.42 Å². The van der Waals surface area contributed by atoms with Crippen molar-refractivity contribution in [1.29, 1.82) is 0 Å². The number of carbonyl (C=O) groups excluding carboxylic acids is 1. The first-order chi connectivity index (χ1) is 11.0. The summed E-state index contributed by atoms with van der Waals surface area (Å²) in [5.74, 6) is -0.354. The Kier molecular flexibility index (Phi) is 5.19. The van der Waals surface area contributed by atoms with Gasteiger partial charge in [0.05, 0.1) is 26.3 Å². The zero-order chi connectivity index (χ0) is 16.8. The molecule has 0 bridgehead atoms. The van der Waals surface area contributed by atoms with Crippen LogP contribution < -0.4 is 14.8 Å². The van der Waals surface area contributed by atoms with E-state index >= 15 is 0 Å². The standard InChI is InChI=1S/C17H17NO5/c1-22-12-7-8-15(23-2)14(10-12)18-17(21)13-6-4-3-5-11(13)9-16(19)20/h3-8,10H,9H2,1-2H3,(H,18,21)(H,19,20). The first kappa shape index (κ1) is 16.4. The number of hydrogen-bond acceptors (Lipinski definition) is 4. The third-order valence-corrected chi connectivity index (χ3v) is 3.26.